The number of hydrogen-bond donors (Lipinski definition) is 1. The Kier molecular flexibility index (Phi) is 2.04. The highest BCUT2D eigenvalue weighted by Gasteiger charge is 2.20. The molecule has 0 unspecified atom stereocenters. The summed E-state index contributed by atoms with van der Waals surface area (Å²) in [5.74, 6) is -0.484. The van der Waals surface area contributed by atoms with Gasteiger partial charge in [0.2, 0.25) is 5.91 Å². The highest BCUT2D eigenvalue weighted by atomic mass is 16.6. The maximum absolute atomic E-state index is 11.8. The van der Waals surface area contributed by atoms with Crippen LogP contribution in [0.4, 0.5) is 11.4 Å². The number of benzodiazepines with no additional fused rings is 1. The molecule has 3 rings (SSSR count). The number of rotatable bonds is 2. The van der Waals surface area contributed by atoms with Gasteiger partial charge < -0.3 is 5.32 Å². The van der Waals surface area contributed by atoms with Gasteiger partial charge in [-0.2, -0.15) is 0 Å². The summed E-state index contributed by atoms with van der Waals surface area (Å²) in [5, 5.41) is 13.6. The van der Waals surface area contributed by atoms with E-state index in [4.69, 9.17) is 6.85 Å². The Balaban J connectivity index is 2.35. The first-order chi connectivity index (χ1) is 12.2. The van der Waals surface area contributed by atoms with Crippen molar-refractivity contribution >= 4 is 23.0 Å². The Labute approximate surface area is 127 Å². The number of anilines is 1. The van der Waals surface area contributed by atoms with E-state index in [1.165, 1.54) is 12.1 Å². The van der Waals surface area contributed by atoms with E-state index in [9.17, 15) is 14.9 Å². The third-order valence-corrected chi connectivity index (χ3v) is 2.86. The molecule has 2 aromatic rings. The molecule has 0 saturated heterocycles. The Bertz CT molecular complexity index is 978. The summed E-state index contributed by atoms with van der Waals surface area (Å²) in [5.41, 5.74) is -0.236. The van der Waals surface area contributed by atoms with Gasteiger partial charge in [-0.25, -0.2) is 0 Å². The molecule has 0 fully saturated rings. The molecular weight excluding hydrogens is 270 g/mol. The lowest BCUT2D eigenvalue weighted by molar-refractivity contribution is -0.384. The summed E-state index contributed by atoms with van der Waals surface area (Å²) in [4.78, 5) is 26.4. The van der Waals surface area contributed by atoms with Crippen LogP contribution in [0.5, 0.6) is 0 Å². The maximum atomic E-state index is 11.8. The first-order valence-corrected chi connectivity index (χ1v) is 5.92. The van der Waals surface area contributed by atoms with E-state index >= 15 is 0 Å². The average Bonchev–Trinajstić information content (AvgIpc) is 2.77. The van der Waals surface area contributed by atoms with Crippen molar-refractivity contribution in [1.29, 1.82) is 0 Å². The molecule has 1 N–H and O–H groups in total. The molecular formula is C15H11N3O3. The van der Waals surface area contributed by atoms with Crippen LogP contribution in [0.3, 0.4) is 0 Å². The van der Waals surface area contributed by atoms with Gasteiger partial charge in [0, 0.05) is 23.3 Å². The molecule has 2 aromatic carbocycles. The zero-order valence-electron chi connectivity index (χ0n) is 15.6. The second-order valence-electron chi connectivity index (χ2n) is 4.20. The second kappa shape index (κ2) is 5.16. The van der Waals surface area contributed by atoms with Gasteiger partial charge in [-0.15, -0.1) is 0 Å². The predicted octanol–water partition coefficient (Wildman–Crippen LogP) is 2.38. The quantitative estimate of drug-likeness (QED) is 0.679. The van der Waals surface area contributed by atoms with Crippen LogP contribution < -0.4 is 5.32 Å². The Morgan fingerprint density at radius 3 is 2.76 bits per heavy atom. The number of hydrogen-bond acceptors (Lipinski definition) is 4. The number of aliphatic imine (C=N–C) groups is 1. The second-order valence-corrected chi connectivity index (χ2v) is 4.20. The number of nitrogens with one attached hydrogen (secondary N) is 1. The molecule has 1 aliphatic heterocycles. The van der Waals surface area contributed by atoms with Gasteiger partial charge in [0.25, 0.3) is 5.69 Å². The smallest absolute Gasteiger partial charge is 0.270 e. The SMILES string of the molecule is [2H]c1c([2H])c([2H])c(C2=NCC(=O)Nc3ccc([N+](=O)[O-])cc32)c([2H])c1[2H]. The van der Waals surface area contributed by atoms with E-state index in [-0.39, 0.29) is 34.8 Å². The van der Waals surface area contributed by atoms with Crippen molar-refractivity contribution in [2.75, 3.05) is 11.9 Å². The molecule has 104 valence electrons. The first kappa shape index (κ1) is 8.31. The first-order valence-electron chi connectivity index (χ1n) is 8.42. The highest BCUT2D eigenvalue weighted by molar-refractivity contribution is 6.19. The number of nitro groups is 1. The molecule has 0 aliphatic carbocycles. The molecule has 0 radical (unpaired) electrons. The zero-order valence-corrected chi connectivity index (χ0v) is 10.6. The van der Waals surface area contributed by atoms with Crippen LogP contribution in [0, 0.1) is 10.1 Å². The van der Waals surface area contributed by atoms with E-state index in [0.29, 0.717) is 0 Å². The van der Waals surface area contributed by atoms with Gasteiger partial charge in [0.15, 0.2) is 0 Å². The Morgan fingerprint density at radius 2 is 2.05 bits per heavy atom. The van der Waals surface area contributed by atoms with Crippen LogP contribution in [0.1, 0.15) is 18.0 Å². The predicted molar refractivity (Wildman–Crippen MR) is 78.7 cm³/mol. The Morgan fingerprint density at radius 1 is 1.29 bits per heavy atom. The lowest BCUT2D eigenvalue weighted by Crippen LogP contribution is -2.13. The number of carbonyl (C=O) groups is 1. The van der Waals surface area contributed by atoms with Crippen LogP contribution in [-0.4, -0.2) is 23.1 Å². The van der Waals surface area contributed by atoms with Crippen molar-refractivity contribution < 1.29 is 16.6 Å². The topological polar surface area (TPSA) is 84.6 Å². The fourth-order valence-corrected chi connectivity index (χ4v) is 1.96. The minimum absolute atomic E-state index is 0.0703. The highest BCUT2D eigenvalue weighted by Crippen LogP contribution is 2.26. The van der Waals surface area contributed by atoms with Crippen LogP contribution >= 0.6 is 0 Å². The van der Waals surface area contributed by atoms with Gasteiger partial charge in [-0.05, 0) is 6.07 Å². The van der Waals surface area contributed by atoms with E-state index in [1.807, 2.05) is 0 Å². The molecule has 0 spiro atoms. The largest absolute Gasteiger partial charge is 0.324 e. The molecule has 0 bridgehead atoms. The Hall–Kier alpha value is -3.02. The van der Waals surface area contributed by atoms with Crippen LogP contribution in [0.2, 0.25) is 0 Å². The third-order valence-electron chi connectivity index (χ3n) is 2.86. The van der Waals surface area contributed by atoms with E-state index in [1.54, 1.807) is 0 Å². The lowest BCUT2D eigenvalue weighted by atomic mass is 10.00. The lowest BCUT2D eigenvalue weighted by Gasteiger charge is -2.09. The maximum Gasteiger partial charge on any atom is 0.270 e. The summed E-state index contributed by atoms with van der Waals surface area (Å²) >= 11 is 0. The van der Waals surface area contributed by atoms with Crippen LogP contribution in [0.15, 0.2) is 53.4 Å². The van der Waals surface area contributed by atoms with Gasteiger partial charge in [0.1, 0.15) is 6.54 Å². The zero-order chi connectivity index (χ0) is 19.2. The molecule has 21 heavy (non-hydrogen) atoms. The van der Waals surface area contributed by atoms with Crippen molar-refractivity contribution in [3.8, 4) is 0 Å². The minimum Gasteiger partial charge on any atom is -0.324 e. The van der Waals surface area contributed by atoms with Crippen molar-refractivity contribution in [3.63, 3.8) is 0 Å². The van der Waals surface area contributed by atoms with Gasteiger partial charge >= 0.3 is 0 Å². The average molecular weight is 286 g/mol. The summed E-state index contributed by atoms with van der Waals surface area (Å²) < 4.78 is 39.4. The monoisotopic (exact) mass is 286 g/mol. The van der Waals surface area contributed by atoms with Crippen LogP contribution in [0.25, 0.3) is 0 Å². The van der Waals surface area contributed by atoms with Gasteiger partial charge in [0.05, 0.1) is 23.2 Å². The molecule has 6 heteroatoms. The van der Waals surface area contributed by atoms with E-state index in [0.717, 1.165) is 6.07 Å². The number of benzene rings is 2. The number of nitro benzene ring substituents is 1. The number of carbonyl (C=O) groups excluding carboxylic acids is 1. The van der Waals surface area contributed by atoms with E-state index < -0.39 is 41.0 Å². The van der Waals surface area contributed by atoms with Crippen molar-refractivity contribution in [3.05, 3.63) is 69.7 Å². The van der Waals surface area contributed by atoms with E-state index in [2.05, 4.69) is 10.3 Å². The minimum atomic E-state index is -0.632. The fourth-order valence-electron chi connectivity index (χ4n) is 1.96. The summed E-state index contributed by atoms with van der Waals surface area (Å²) in [6, 6.07) is 0.999. The van der Waals surface area contributed by atoms with Crippen molar-refractivity contribution in [1.82, 2.24) is 0 Å². The number of non-ortho nitro benzene ring substituents is 1. The van der Waals surface area contributed by atoms with Crippen molar-refractivity contribution in [2.45, 2.75) is 0 Å². The summed E-state index contributed by atoms with van der Waals surface area (Å²) in [7, 11) is 0. The summed E-state index contributed by atoms with van der Waals surface area (Å²) in [6.07, 6.45) is 0. The number of nitrogens with zero attached hydrogens (tertiary/aromatic N) is 2. The van der Waals surface area contributed by atoms with Gasteiger partial charge in [-0.3, -0.25) is 19.9 Å². The molecule has 6 nitrogen and oxygen atoms in total. The fraction of sp³-hybridized carbons (Fsp3) is 0.0667. The molecule has 0 aromatic heterocycles. The molecule has 1 aliphatic rings. The number of fused-ring (bicyclic) bond motifs is 1. The number of amides is 1. The van der Waals surface area contributed by atoms with Crippen LogP contribution in [-0.2, 0) is 4.79 Å². The standard InChI is InChI=1S/C15H11N3O3/c19-14-9-16-15(10-4-2-1-3-5-10)12-8-11(18(20)21)6-7-13(12)17-14/h1-8H,9H2,(H,17,19)/i1D,2D,3D,4D,5D. The molecule has 1 heterocycles. The normalized spacial score (nSPS) is 17.0. The van der Waals surface area contributed by atoms with Crippen molar-refractivity contribution in [2.24, 2.45) is 4.99 Å². The molecule has 0 saturated carbocycles. The summed E-state index contributed by atoms with van der Waals surface area (Å²) in [6.45, 7) is -0.347. The third kappa shape index (κ3) is 2.51. The molecule has 1 amide bonds. The molecule has 0 atom stereocenters. The van der Waals surface area contributed by atoms with Gasteiger partial charge in [-0.1, -0.05) is 30.2 Å².